The maximum Gasteiger partial charge on any atom is 0.338 e. The zero-order valence-electron chi connectivity index (χ0n) is 25.0. The number of aromatic nitrogens is 1. The van der Waals surface area contributed by atoms with Crippen LogP contribution in [0.15, 0.2) is 84.6 Å². The lowest BCUT2D eigenvalue weighted by molar-refractivity contribution is -0.384. The van der Waals surface area contributed by atoms with Gasteiger partial charge >= 0.3 is 5.97 Å². The number of methoxy groups -OCH3 is 2. The second-order valence-corrected chi connectivity index (χ2v) is 12.7. The van der Waals surface area contributed by atoms with E-state index in [1.165, 1.54) is 42.3 Å². The van der Waals surface area contributed by atoms with Crippen molar-refractivity contribution in [3.63, 3.8) is 0 Å². The Labute approximate surface area is 283 Å². The first-order valence-electron chi connectivity index (χ1n) is 13.8. The highest BCUT2D eigenvalue weighted by molar-refractivity contribution is 9.10. The van der Waals surface area contributed by atoms with E-state index in [-0.39, 0.29) is 30.0 Å². The number of nitrogens with zero attached hydrogens (tertiary/aromatic N) is 3. The van der Waals surface area contributed by atoms with Gasteiger partial charge in [0, 0.05) is 26.6 Å². The standard InChI is InChI=1S/C32H27Br2N3O8S/c1-5-44-31(39)28-17(2)35-32-36(29(28)22-14-25(42-3)26(43-4)15-23(22)34)30(38)27(46-32)13-19-12-20(33)8-11-24(19)45-16-18-6-9-21(10-7-18)37(40)41/h6-15,29H,5,16H2,1-4H3/b27-13-/t29-/m0/s1. The highest BCUT2D eigenvalue weighted by Crippen LogP contribution is 2.41. The number of ether oxygens (including phenoxy) is 4. The Balaban J connectivity index is 1.63. The first-order valence-corrected chi connectivity index (χ1v) is 16.2. The van der Waals surface area contributed by atoms with Crippen LogP contribution in [0.5, 0.6) is 17.2 Å². The molecular formula is C32H27Br2N3O8S. The number of hydrogen-bond donors (Lipinski definition) is 0. The molecule has 1 aliphatic heterocycles. The first-order chi connectivity index (χ1) is 22.1. The minimum atomic E-state index is -0.882. The van der Waals surface area contributed by atoms with Crippen LogP contribution in [-0.2, 0) is 16.1 Å². The van der Waals surface area contributed by atoms with Gasteiger partial charge in [0.15, 0.2) is 16.3 Å². The van der Waals surface area contributed by atoms with Crippen LogP contribution in [0.2, 0.25) is 0 Å². The molecule has 14 heteroatoms. The zero-order chi connectivity index (χ0) is 33.1. The zero-order valence-corrected chi connectivity index (χ0v) is 29.0. The van der Waals surface area contributed by atoms with Crippen LogP contribution >= 0.6 is 43.2 Å². The average molecular weight is 773 g/mol. The predicted molar refractivity (Wildman–Crippen MR) is 179 cm³/mol. The molecule has 0 aliphatic carbocycles. The molecule has 0 saturated heterocycles. The van der Waals surface area contributed by atoms with Crippen molar-refractivity contribution in [1.82, 2.24) is 4.57 Å². The molecule has 0 saturated carbocycles. The predicted octanol–water partition coefficient (Wildman–Crippen LogP) is 5.83. The number of rotatable bonds is 10. The molecule has 4 aromatic rings. The molecular weight excluding hydrogens is 746 g/mol. The van der Waals surface area contributed by atoms with Crippen molar-refractivity contribution < 1.29 is 28.7 Å². The largest absolute Gasteiger partial charge is 0.493 e. The third-order valence-electron chi connectivity index (χ3n) is 7.11. The molecule has 0 spiro atoms. The fourth-order valence-electron chi connectivity index (χ4n) is 4.94. The van der Waals surface area contributed by atoms with Crippen LogP contribution in [0.25, 0.3) is 6.08 Å². The fourth-order valence-corrected chi connectivity index (χ4v) is 6.90. The summed E-state index contributed by atoms with van der Waals surface area (Å²) in [6, 6.07) is 14.1. The topological polar surface area (TPSA) is 131 Å². The van der Waals surface area contributed by atoms with Gasteiger partial charge in [-0.25, -0.2) is 9.79 Å². The number of carbonyl (C=O) groups is 1. The van der Waals surface area contributed by atoms with Crippen molar-refractivity contribution in [3.05, 3.63) is 121 Å². The van der Waals surface area contributed by atoms with E-state index in [0.29, 0.717) is 47.9 Å². The molecule has 0 unspecified atom stereocenters. The summed E-state index contributed by atoms with van der Waals surface area (Å²) in [4.78, 5) is 43.2. The van der Waals surface area contributed by atoms with Crippen molar-refractivity contribution >= 4 is 60.9 Å². The number of hydrogen-bond acceptors (Lipinski definition) is 10. The molecule has 11 nitrogen and oxygen atoms in total. The molecule has 0 amide bonds. The summed E-state index contributed by atoms with van der Waals surface area (Å²) in [6.07, 6.45) is 1.71. The highest BCUT2D eigenvalue weighted by Gasteiger charge is 2.35. The van der Waals surface area contributed by atoms with Crippen LogP contribution < -0.4 is 29.1 Å². The normalized spacial score (nSPS) is 14.4. The van der Waals surface area contributed by atoms with Crippen LogP contribution in [0.1, 0.15) is 36.6 Å². The molecule has 1 aromatic heterocycles. The monoisotopic (exact) mass is 771 g/mol. The Morgan fingerprint density at radius 1 is 1.07 bits per heavy atom. The van der Waals surface area contributed by atoms with Crippen molar-refractivity contribution in [2.24, 2.45) is 4.99 Å². The number of thiazole rings is 1. The van der Waals surface area contributed by atoms with E-state index in [9.17, 15) is 19.7 Å². The number of nitro groups is 1. The Hall–Kier alpha value is -4.27. The van der Waals surface area contributed by atoms with E-state index in [4.69, 9.17) is 18.9 Å². The molecule has 46 heavy (non-hydrogen) atoms. The second-order valence-electron chi connectivity index (χ2n) is 9.93. The van der Waals surface area contributed by atoms with E-state index in [2.05, 4.69) is 36.9 Å². The SMILES string of the molecule is CCOC(=O)C1=C(C)N=c2s/c(=C\c3cc(Br)ccc3OCc3ccc([N+](=O)[O-])cc3)c(=O)n2[C@H]1c1cc(OC)c(OC)cc1Br. The number of benzene rings is 3. The Kier molecular flexibility index (Phi) is 10.1. The van der Waals surface area contributed by atoms with Gasteiger partial charge in [0.1, 0.15) is 12.4 Å². The minimum Gasteiger partial charge on any atom is -0.493 e. The highest BCUT2D eigenvalue weighted by atomic mass is 79.9. The molecule has 0 fully saturated rings. The van der Waals surface area contributed by atoms with E-state index in [1.54, 1.807) is 50.3 Å². The number of non-ortho nitro benzene ring substituents is 1. The number of allylic oxidation sites excluding steroid dienone is 1. The van der Waals surface area contributed by atoms with Gasteiger partial charge in [-0.15, -0.1) is 0 Å². The molecule has 1 aliphatic rings. The number of fused-ring (bicyclic) bond motifs is 1. The molecule has 1 atom stereocenters. The number of carbonyl (C=O) groups excluding carboxylic acids is 1. The lowest BCUT2D eigenvalue weighted by atomic mass is 9.95. The lowest BCUT2D eigenvalue weighted by Crippen LogP contribution is -2.40. The van der Waals surface area contributed by atoms with Crippen molar-refractivity contribution in [1.29, 1.82) is 0 Å². The maximum atomic E-state index is 14.2. The first kappa shape index (κ1) is 33.1. The van der Waals surface area contributed by atoms with E-state index >= 15 is 0 Å². The van der Waals surface area contributed by atoms with E-state index in [0.717, 1.165) is 10.0 Å². The molecule has 3 aromatic carbocycles. The number of halogens is 2. The van der Waals surface area contributed by atoms with Crippen molar-refractivity contribution in [2.75, 3.05) is 20.8 Å². The van der Waals surface area contributed by atoms with Crippen molar-refractivity contribution in [3.8, 4) is 17.2 Å². The minimum absolute atomic E-state index is 0.0109. The number of esters is 1. The summed E-state index contributed by atoms with van der Waals surface area (Å²) in [5.74, 6) is 0.804. The average Bonchev–Trinajstić information content (AvgIpc) is 3.33. The van der Waals surface area contributed by atoms with Gasteiger partial charge in [-0.05, 0) is 73.5 Å². The summed E-state index contributed by atoms with van der Waals surface area (Å²) in [5.41, 5.74) is 2.20. The van der Waals surface area contributed by atoms with Crippen LogP contribution in [0.3, 0.4) is 0 Å². The Morgan fingerprint density at radius 3 is 2.41 bits per heavy atom. The maximum absolute atomic E-state index is 14.2. The smallest absolute Gasteiger partial charge is 0.338 e. The summed E-state index contributed by atoms with van der Waals surface area (Å²) in [7, 11) is 3.03. The van der Waals surface area contributed by atoms with Crippen LogP contribution in [0.4, 0.5) is 5.69 Å². The van der Waals surface area contributed by atoms with E-state index in [1.807, 2.05) is 12.1 Å². The van der Waals surface area contributed by atoms with Crippen LogP contribution in [0, 0.1) is 10.1 Å². The summed E-state index contributed by atoms with van der Waals surface area (Å²) >= 11 is 8.29. The molecule has 2 heterocycles. The van der Waals surface area contributed by atoms with Crippen molar-refractivity contribution in [2.45, 2.75) is 26.5 Å². The van der Waals surface area contributed by atoms with E-state index < -0.39 is 16.9 Å². The fraction of sp³-hybridized carbons (Fsp3) is 0.219. The summed E-state index contributed by atoms with van der Waals surface area (Å²) < 4.78 is 25.7. The summed E-state index contributed by atoms with van der Waals surface area (Å²) in [5, 5.41) is 11.0. The second kappa shape index (κ2) is 14.0. The van der Waals surface area contributed by atoms with Gasteiger partial charge in [-0.1, -0.05) is 43.2 Å². The third kappa shape index (κ3) is 6.64. The Morgan fingerprint density at radius 2 is 1.76 bits per heavy atom. The van der Waals surface area contributed by atoms with Gasteiger partial charge in [0.05, 0.1) is 47.6 Å². The van der Waals surface area contributed by atoms with Gasteiger partial charge in [-0.3, -0.25) is 19.5 Å². The molecule has 0 bridgehead atoms. The Bertz CT molecular complexity index is 2050. The lowest BCUT2D eigenvalue weighted by Gasteiger charge is -2.26. The molecule has 0 N–H and O–H groups in total. The van der Waals surface area contributed by atoms with Crippen LogP contribution in [-0.4, -0.2) is 36.3 Å². The molecule has 5 rings (SSSR count). The molecule has 0 radical (unpaired) electrons. The molecule has 238 valence electrons. The third-order valence-corrected chi connectivity index (χ3v) is 9.28. The number of nitro benzene ring substituents is 1. The van der Waals surface area contributed by atoms with Gasteiger partial charge in [0.2, 0.25) is 0 Å². The van der Waals surface area contributed by atoms with Gasteiger partial charge in [0.25, 0.3) is 11.2 Å². The van der Waals surface area contributed by atoms with Gasteiger partial charge < -0.3 is 18.9 Å². The van der Waals surface area contributed by atoms with Gasteiger partial charge in [-0.2, -0.15) is 0 Å². The quantitative estimate of drug-likeness (QED) is 0.112. The summed E-state index contributed by atoms with van der Waals surface area (Å²) in [6.45, 7) is 3.72.